The quantitative estimate of drug-likeness (QED) is 0.851. The molecule has 2 aromatic rings. The van der Waals surface area contributed by atoms with E-state index in [2.05, 4.69) is 4.98 Å². The molecule has 0 aliphatic heterocycles. The summed E-state index contributed by atoms with van der Waals surface area (Å²) < 4.78 is 24.2. The molecule has 0 atom stereocenters. The van der Waals surface area contributed by atoms with Crippen molar-refractivity contribution >= 4 is 15.5 Å². The summed E-state index contributed by atoms with van der Waals surface area (Å²) in [5.41, 5.74) is 7.00. The Kier molecular flexibility index (Phi) is 3.62. The third-order valence-electron chi connectivity index (χ3n) is 2.63. The van der Waals surface area contributed by atoms with E-state index in [1.54, 1.807) is 30.6 Å². The molecule has 4 nitrogen and oxygen atoms in total. The second-order valence-corrected chi connectivity index (χ2v) is 6.11. The number of sulfone groups is 1. The van der Waals surface area contributed by atoms with E-state index in [0.717, 1.165) is 5.56 Å². The number of rotatable bonds is 4. The van der Waals surface area contributed by atoms with Crippen LogP contribution in [0.1, 0.15) is 5.56 Å². The molecule has 0 aliphatic carbocycles. The lowest BCUT2D eigenvalue weighted by Crippen LogP contribution is -2.09. The summed E-state index contributed by atoms with van der Waals surface area (Å²) >= 11 is 0. The van der Waals surface area contributed by atoms with Gasteiger partial charge in [0.2, 0.25) is 0 Å². The van der Waals surface area contributed by atoms with Crippen LogP contribution in [-0.2, 0) is 16.3 Å². The van der Waals surface area contributed by atoms with Gasteiger partial charge in [0.25, 0.3) is 0 Å². The lowest BCUT2D eigenvalue weighted by molar-refractivity contribution is 0.595. The van der Waals surface area contributed by atoms with Gasteiger partial charge in [-0.05, 0) is 42.3 Å². The molecule has 1 aromatic heterocycles. The highest BCUT2D eigenvalue weighted by Crippen LogP contribution is 2.15. The molecule has 0 saturated carbocycles. The minimum absolute atomic E-state index is 0.0699. The first-order valence-corrected chi connectivity index (χ1v) is 7.20. The summed E-state index contributed by atoms with van der Waals surface area (Å²) in [5, 5.41) is 0. The molecule has 1 aromatic carbocycles. The third-order valence-corrected chi connectivity index (χ3v) is 4.34. The fourth-order valence-electron chi connectivity index (χ4n) is 1.63. The number of nitrogen functional groups attached to an aromatic ring is 1. The number of hydrogen-bond acceptors (Lipinski definition) is 4. The van der Waals surface area contributed by atoms with Crippen molar-refractivity contribution in [2.24, 2.45) is 0 Å². The van der Waals surface area contributed by atoms with Crippen molar-refractivity contribution in [1.82, 2.24) is 4.98 Å². The molecule has 1 heterocycles. The molecule has 2 N–H and O–H groups in total. The smallest absolute Gasteiger partial charge is 0.178 e. The van der Waals surface area contributed by atoms with Crippen molar-refractivity contribution in [3.63, 3.8) is 0 Å². The predicted octanol–water partition coefficient (Wildman–Crippen LogP) is 1.68. The van der Waals surface area contributed by atoms with Crippen LogP contribution in [0.3, 0.4) is 0 Å². The zero-order chi connectivity index (χ0) is 13.0. The topological polar surface area (TPSA) is 73.1 Å². The minimum atomic E-state index is -3.28. The molecule has 0 amide bonds. The monoisotopic (exact) mass is 262 g/mol. The van der Waals surface area contributed by atoms with Crippen LogP contribution in [0.25, 0.3) is 0 Å². The first-order valence-electron chi connectivity index (χ1n) is 5.55. The van der Waals surface area contributed by atoms with Gasteiger partial charge in [-0.25, -0.2) is 8.42 Å². The number of nitrogens with two attached hydrogens (primary N) is 1. The first kappa shape index (κ1) is 12.6. The fourth-order valence-corrected chi connectivity index (χ4v) is 2.97. The summed E-state index contributed by atoms with van der Waals surface area (Å²) in [7, 11) is -3.28. The van der Waals surface area contributed by atoms with Gasteiger partial charge in [-0.15, -0.1) is 0 Å². The van der Waals surface area contributed by atoms with Crippen molar-refractivity contribution < 1.29 is 8.42 Å². The number of anilines is 1. The van der Waals surface area contributed by atoms with Gasteiger partial charge >= 0.3 is 0 Å². The third kappa shape index (κ3) is 3.07. The molecule has 0 aliphatic rings. The maximum absolute atomic E-state index is 12.1. The van der Waals surface area contributed by atoms with Crippen LogP contribution in [-0.4, -0.2) is 19.2 Å². The lowest BCUT2D eigenvalue weighted by Gasteiger charge is -2.05. The molecular weight excluding hydrogens is 248 g/mol. The molecule has 0 radical (unpaired) electrons. The Hall–Kier alpha value is -1.88. The van der Waals surface area contributed by atoms with Crippen LogP contribution in [0.2, 0.25) is 0 Å². The van der Waals surface area contributed by atoms with Gasteiger partial charge < -0.3 is 5.73 Å². The van der Waals surface area contributed by atoms with Crippen molar-refractivity contribution in [1.29, 1.82) is 0 Å². The number of aromatic nitrogens is 1. The van der Waals surface area contributed by atoms with E-state index >= 15 is 0 Å². The van der Waals surface area contributed by atoms with Gasteiger partial charge in [-0.3, -0.25) is 4.98 Å². The summed E-state index contributed by atoms with van der Waals surface area (Å²) in [4.78, 5) is 4.17. The SMILES string of the molecule is Nc1cccc(S(=O)(=O)CCc2ccncc2)c1. The van der Waals surface area contributed by atoms with Gasteiger partial charge in [-0.2, -0.15) is 0 Å². The van der Waals surface area contributed by atoms with Gasteiger partial charge in [0.15, 0.2) is 9.84 Å². The fraction of sp³-hybridized carbons (Fsp3) is 0.154. The maximum atomic E-state index is 12.1. The zero-order valence-electron chi connectivity index (χ0n) is 9.78. The van der Waals surface area contributed by atoms with E-state index in [4.69, 9.17) is 5.73 Å². The molecular formula is C13H14N2O2S. The first-order chi connectivity index (χ1) is 8.58. The van der Waals surface area contributed by atoms with E-state index in [1.165, 1.54) is 6.07 Å². The van der Waals surface area contributed by atoms with Crippen molar-refractivity contribution in [3.8, 4) is 0 Å². The van der Waals surface area contributed by atoms with E-state index in [-0.39, 0.29) is 10.6 Å². The van der Waals surface area contributed by atoms with Crippen LogP contribution in [0.4, 0.5) is 5.69 Å². The number of aryl methyl sites for hydroxylation is 1. The largest absolute Gasteiger partial charge is 0.399 e. The highest BCUT2D eigenvalue weighted by molar-refractivity contribution is 7.91. The number of benzene rings is 1. The number of nitrogens with zero attached hydrogens (tertiary/aromatic N) is 1. The molecule has 0 fully saturated rings. The molecule has 0 unspecified atom stereocenters. The standard InChI is InChI=1S/C13H14N2O2S/c14-12-2-1-3-13(10-12)18(16,17)9-6-11-4-7-15-8-5-11/h1-5,7-8,10H,6,9,14H2. The van der Waals surface area contributed by atoms with Gasteiger partial charge in [0.05, 0.1) is 10.6 Å². The highest BCUT2D eigenvalue weighted by Gasteiger charge is 2.14. The molecule has 5 heteroatoms. The lowest BCUT2D eigenvalue weighted by atomic mass is 10.2. The highest BCUT2D eigenvalue weighted by atomic mass is 32.2. The molecule has 18 heavy (non-hydrogen) atoms. The van der Waals surface area contributed by atoms with E-state index < -0.39 is 9.84 Å². The Morgan fingerprint density at radius 1 is 1.11 bits per heavy atom. The van der Waals surface area contributed by atoms with Crippen molar-refractivity contribution in [3.05, 3.63) is 54.4 Å². The van der Waals surface area contributed by atoms with Crippen LogP contribution >= 0.6 is 0 Å². The Morgan fingerprint density at radius 3 is 2.50 bits per heavy atom. The average molecular weight is 262 g/mol. The number of pyridine rings is 1. The van der Waals surface area contributed by atoms with Gasteiger partial charge in [0, 0.05) is 18.1 Å². The minimum Gasteiger partial charge on any atom is -0.399 e. The Morgan fingerprint density at radius 2 is 1.83 bits per heavy atom. The van der Waals surface area contributed by atoms with Crippen LogP contribution < -0.4 is 5.73 Å². The van der Waals surface area contributed by atoms with E-state index in [0.29, 0.717) is 12.1 Å². The zero-order valence-corrected chi connectivity index (χ0v) is 10.6. The van der Waals surface area contributed by atoms with Crippen molar-refractivity contribution in [2.45, 2.75) is 11.3 Å². The predicted molar refractivity (Wildman–Crippen MR) is 70.8 cm³/mol. The van der Waals surface area contributed by atoms with Gasteiger partial charge in [-0.1, -0.05) is 6.07 Å². The van der Waals surface area contributed by atoms with Crippen LogP contribution in [0.15, 0.2) is 53.7 Å². The molecule has 94 valence electrons. The second-order valence-electron chi connectivity index (χ2n) is 4.00. The summed E-state index contributed by atoms with van der Waals surface area (Å²) in [5.74, 6) is 0.0699. The Bertz CT molecular complexity index is 624. The molecule has 0 bridgehead atoms. The average Bonchev–Trinajstić information content (AvgIpc) is 2.38. The molecule has 2 rings (SSSR count). The Balaban J connectivity index is 2.13. The maximum Gasteiger partial charge on any atom is 0.178 e. The van der Waals surface area contributed by atoms with Crippen LogP contribution in [0.5, 0.6) is 0 Å². The van der Waals surface area contributed by atoms with Crippen LogP contribution in [0, 0.1) is 0 Å². The molecule has 0 spiro atoms. The number of hydrogen-bond donors (Lipinski definition) is 1. The van der Waals surface area contributed by atoms with E-state index in [9.17, 15) is 8.42 Å². The van der Waals surface area contributed by atoms with E-state index in [1.807, 2.05) is 12.1 Å². The van der Waals surface area contributed by atoms with Gasteiger partial charge in [0.1, 0.15) is 0 Å². The summed E-state index contributed by atoms with van der Waals surface area (Å²) in [6.45, 7) is 0. The summed E-state index contributed by atoms with van der Waals surface area (Å²) in [6, 6.07) is 10.0. The van der Waals surface area contributed by atoms with Crippen molar-refractivity contribution in [2.75, 3.05) is 11.5 Å². The summed E-state index contributed by atoms with van der Waals surface area (Å²) in [6.07, 6.45) is 3.78. The Labute approximate surface area is 106 Å². The molecule has 0 saturated heterocycles. The normalized spacial score (nSPS) is 11.3. The second kappa shape index (κ2) is 5.18.